The lowest BCUT2D eigenvalue weighted by Gasteiger charge is -2.10. The van der Waals surface area contributed by atoms with E-state index in [1.165, 1.54) is 0 Å². The maximum Gasteiger partial charge on any atom is 0.257 e. The molecule has 5 nitrogen and oxygen atoms in total. The van der Waals surface area contributed by atoms with Crippen molar-refractivity contribution in [3.8, 4) is 11.5 Å². The first-order valence-corrected chi connectivity index (χ1v) is 6.11. The van der Waals surface area contributed by atoms with Crippen molar-refractivity contribution >= 4 is 17.3 Å². The van der Waals surface area contributed by atoms with Crippen molar-refractivity contribution in [2.75, 3.05) is 17.7 Å². The molecule has 1 heterocycles. The highest BCUT2D eigenvalue weighted by Crippen LogP contribution is 2.20. The first-order chi connectivity index (χ1) is 8.69. The quantitative estimate of drug-likeness (QED) is 0.812. The van der Waals surface area contributed by atoms with Crippen LogP contribution >= 0.6 is 11.6 Å². The van der Waals surface area contributed by atoms with Crippen molar-refractivity contribution in [2.45, 2.75) is 13.0 Å². The van der Waals surface area contributed by atoms with Crippen molar-refractivity contribution < 1.29 is 9.63 Å². The van der Waals surface area contributed by atoms with Gasteiger partial charge in [0.1, 0.15) is 0 Å². The average molecular weight is 268 g/mol. The number of alkyl halides is 1. The van der Waals surface area contributed by atoms with Crippen LogP contribution in [0.1, 0.15) is 5.82 Å². The summed E-state index contributed by atoms with van der Waals surface area (Å²) in [6.07, 6.45) is -0.569. The summed E-state index contributed by atoms with van der Waals surface area (Å²) in [7, 11) is 0. The Morgan fingerprint density at radius 2 is 2.33 bits per heavy atom. The van der Waals surface area contributed by atoms with Gasteiger partial charge in [0, 0.05) is 17.8 Å². The third kappa shape index (κ3) is 3.21. The van der Waals surface area contributed by atoms with E-state index in [2.05, 4.69) is 15.5 Å². The van der Waals surface area contributed by atoms with Crippen LogP contribution in [0.3, 0.4) is 0 Å². The van der Waals surface area contributed by atoms with Crippen LogP contribution < -0.4 is 5.32 Å². The van der Waals surface area contributed by atoms with E-state index >= 15 is 0 Å². The largest absolute Gasteiger partial charge is 0.390 e. The molecule has 0 aliphatic carbocycles. The van der Waals surface area contributed by atoms with E-state index in [4.69, 9.17) is 16.1 Å². The molecule has 0 fully saturated rings. The van der Waals surface area contributed by atoms with Gasteiger partial charge in [-0.05, 0) is 25.1 Å². The number of benzene rings is 1. The zero-order chi connectivity index (χ0) is 13.0. The molecule has 0 saturated carbocycles. The number of hydrogen-bond acceptors (Lipinski definition) is 5. The van der Waals surface area contributed by atoms with Crippen LogP contribution in [0.15, 0.2) is 28.8 Å². The molecule has 0 bridgehead atoms. The van der Waals surface area contributed by atoms with Gasteiger partial charge in [0.05, 0.1) is 12.0 Å². The van der Waals surface area contributed by atoms with Crippen LogP contribution in [0.4, 0.5) is 5.69 Å². The normalized spacial score (nSPS) is 12.4. The Hall–Kier alpha value is -1.59. The summed E-state index contributed by atoms with van der Waals surface area (Å²) in [6, 6.07) is 7.54. The Morgan fingerprint density at radius 3 is 3.00 bits per heavy atom. The van der Waals surface area contributed by atoms with E-state index in [9.17, 15) is 5.11 Å². The van der Waals surface area contributed by atoms with E-state index in [-0.39, 0.29) is 5.88 Å². The van der Waals surface area contributed by atoms with E-state index in [1.807, 2.05) is 24.3 Å². The Bertz CT molecular complexity index is 516. The lowest BCUT2D eigenvalue weighted by atomic mass is 10.2. The number of aliphatic hydroxyl groups excluding tert-OH is 1. The minimum Gasteiger partial charge on any atom is -0.390 e. The Morgan fingerprint density at radius 1 is 1.50 bits per heavy atom. The third-order valence-electron chi connectivity index (χ3n) is 2.36. The Balaban J connectivity index is 2.10. The fourth-order valence-electron chi connectivity index (χ4n) is 1.47. The number of aromatic nitrogens is 2. The van der Waals surface area contributed by atoms with Crippen LogP contribution in [-0.2, 0) is 0 Å². The van der Waals surface area contributed by atoms with Gasteiger partial charge < -0.3 is 14.9 Å². The molecule has 2 aromatic rings. The SMILES string of the molecule is Cc1noc(-c2cccc(NCC(O)CCl)c2)n1. The van der Waals surface area contributed by atoms with Gasteiger partial charge in [-0.15, -0.1) is 11.6 Å². The van der Waals surface area contributed by atoms with E-state index in [1.54, 1.807) is 6.92 Å². The minimum atomic E-state index is -0.569. The molecule has 0 aliphatic rings. The molecule has 0 spiro atoms. The number of anilines is 1. The molecule has 2 N–H and O–H groups in total. The molecule has 6 heteroatoms. The molecule has 96 valence electrons. The predicted octanol–water partition coefficient (Wildman–Crippen LogP) is 2.06. The number of aryl methyl sites for hydroxylation is 1. The summed E-state index contributed by atoms with van der Waals surface area (Å²) in [6.45, 7) is 2.17. The molecule has 0 amide bonds. The van der Waals surface area contributed by atoms with Crippen molar-refractivity contribution in [1.82, 2.24) is 10.1 Å². The number of halogens is 1. The second kappa shape index (κ2) is 5.84. The van der Waals surface area contributed by atoms with Gasteiger partial charge in [-0.25, -0.2) is 0 Å². The number of rotatable bonds is 5. The fraction of sp³-hybridized carbons (Fsp3) is 0.333. The average Bonchev–Trinajstić information content (AvgIpc) is 2.83. The maximum atomic E-state index is 9.37. The van der Waals surface area contributed by atoms with Crippen LogP contribution in [0.2, 0.25) is 0 Å². The van der Waals surface area contributed by atoms with Crippen LogP contribution in [0.25, 0.3) is 11.5 Å². The summed E-state index contributed by atoms with van der Waals surface area (Å²) in [4.78, 5) is 4.16. The minimum absolute atomic E-state index is 0.204. The van der Waals surface area contributed by atoms with Gasteiger partial charge >= 0.3 is 0 Å². The molecule has 1 aromatic carbocycles. The predicted molar refractivity (Wildman–Crippen MR) is 69.7 cm³/mol. The molecular weight excluding hydrogens is 254 g/mol. The molecular formula is C12H14ClN3O2. The van der Waals surface area contributed by atoms with E-state index in [0.717, 1.165) is 11.3 Å². The lowest BCUT2D eigenvalue weighted by Crippen LogP contribution is -2.20. The summed E-state index contributed by atoms with van der Waals surface area (Å²) >= 11 is 5.52. The molecule has 2 rings (SSSR count). The van der Waals surface area contributed by atoms with Gasteiger partial charge in [0.25, 0.3) is 5.89 Å². The van der Waals surface area contributed by atoms with Crippen LogP contribution in [-0.4, -0.2) is 33.8 Å². The van der Waals surface area contributed by atoms with Gasteiger partial charge in [0.15, 0.2) is 5.82 Å². The van der Waals surface area contributed by atoms with Crippen molar-refractivity contribution in [2.24, 2.45) is 0 Å². The highest BCUT2D eigenvalue weighted by atomic mass is 35.5. The number of aliphatic hydroxyl groups is 1. The zero-order valence-electron chi connectivity index (χ0n) is 9.93. The molecule has 0 saturated heterocycles. The summed E-state index contributed by atoms with van der Waals surface area (Å²) in [5, 5.41) is 16.2. The molecule has 1 unspecified atom stereocenters. The van der Waals surface area contributed by atoms with Gasteiger partial charge in [-0.2, -0.15) is 4.98 Å². The van der Waals surface area contributed by atoms with Crippen LogP contribution in [0.5, 0.6) is 0 Å². The Labute approximate surface area is 110 Å². The fourth-order valence-corrected chi connectivity index (χ4v) is 1.58. The lowest BCUT2D eigenvalue weighted by molar-refractivity contribution is 0.211. The second-order valence-corrected chi connectivity index (χ2v) is 4.23. The van der Waals surface area contributed by atoms with Gasteiger partial charge in [0.2, 0.25) is 0 Å². The number of nitrogens with one attached hydrogen (secondary N) is 1. The van der Waals surface area contributed by atoms with Crippen molar-refractivity contribution in [3.05, 3.63) is 30.1 Å². The van der Waals surface area contributed by atoms with E-state index < -0.39 is 6.10 Å². The standard InChI is InChI=1S/C12H14ClN3O2/c1-8-15-12(18-16-8)9-3-2-4-10(5-9)14-7-11(17)6-13/h2-5,11,14,17H,6-7H2,1H3. The monoisotopic (exact) mass is 267 g/mol. The molecule has 0 radical (unpaired) electrons. The highest BCUT2D eigenvalue weighted by Gasteiger charge is 2.07. The summed E-state index contributed by atoms with van der Waals surface area (Å²) in [5.41, 5.74) is 1.70. The topological polar surface area (TPSA) is 71.2 Å². The smallest absolute Gasteiger partial charge is 0.257 e. The van der Waals surface area contributed by atoms with Crippen molar-refractivity contribution in [1.29, 1.82) is 0 Å². The van der Waals surface area contributed by atoms with Crippen LogP contribution in [0, 0.1) is 6.92 Å². The van der Waals surface area contributed by atoms with E-state index in [0.29, 0.717) is 18.3 Å². The maximum absolute atomic E-state index is 9.37. The second-order valence-electron chi connectivity index (χ2n) is 3.92. The van der Waals surface area contributed by atoms with Crippen molar-refractivity contribution in [3.63, 3.8) is 0 Å². The first-order valence-electron chi connectivity index (χ1n) is 5.57. The Kier molecular flexibility index (Phi) is 4.17. The molecule has 0 aliphatic heterocycles. The van der Waals surface area contributed by atoms with Gasteiger partial charge in [-0.1, -0.05) is 11.2 Å². The molecule has 18 heavy (non-hydrogen) atoms. The molecule has 1 aromatic heterocycles. The highest BCUT2D eigenvalue weighted by molar-refractivity contribution is 6.18. The zero-order valence-corrected chi connectivity index (χ0v) is 10.7. The third-order valence-corrected chi connectivity index (χ3v) is 2.71. The summed E-state index contributed by atoms with van der Waals surface area (Å²) < 4.78 is 5.09. The molecule has 1 atom stereocenters. The first kappa shape index (κ1) is 12.9. The number of hydrogen-bond donors (Lipinski definition) is 2. The van der Waals surface area contributed by atoms with Gasteiger partial charge in [-0.3, -0.25) is 0 Å². The summed E-state index contributed by atoms with van der Waals surface area (Å²) in [5.74, 6) is 1.28. The number of nitrogens with zero attached hydrogens (tertiary/aromatic N) is 2.